The van der Waals surface area contributed by atoms with E-state index in [2.05, 4.69) is 38.1 Å². The van der Waals surface area contributed by atoms with E-state index in [0.717, 1.165) is 28.8 Å². The van der Waals surface area contributed by atoms with Crippen LogP contribution in [0.1, 0.15) is 25.7 Å². The van der Waals surface area contributed by atoms with Crippen LogP contribution in [0, 0.1) is 3.57 Å². The number of carbonyl (C=O) groups is 1. The predicted octanol–water partition coefficient (Wildman–Crippen LogP) is 2.69. The van der Waals surface area contributed by atoms with Gasteiger partial charge in [-0.05, 0) is 74.1 Å². The van der Waals surface area contributed by atoms with Crippen molar-refractivity contribution in [3.8, 4) is 0 Å². The highest BCUT2D eigenvalue weighted by Gasteiger charge is 2.23. The Morgan fingerprint density at radius 1 is 1.38 bits per heavy atom. The van der Waals surface area contributed by atoms with Gasteiger partial charge >= 0.3 is 0 Å². The van der Waals surface area contributed by atoms with E-state index in [0.29, 0.717) is 12.6 Å². The van der Waals surface area contributed by atoms with Gasteiger partial charge in [0, 0.05) is 9.61 Å². The van der Waals surface area contributed by atoms with Gasteiger partial charge in [-0.2, -0.15) is 0 Å². The van der Waals surface area contributed by atoms with E-state index >= 15 is 0 Å². The standard InChI is InChI=1S/C16H24IN3O/c1-18-10-9-13-6-4-5-11-20(13)12-16(21)19-15-8-3-2-7-14(15)17/h2-3,7-8,13,18H,4-6,9-12H2,1H3,(H,19,21). The first-order chi connectivity index (χ1) is 10.2. The molecule has 1 saturated heterocycles. The molecule has 0 aliphatic carbocycles. The SMILES string of the molecule is CNCCC1CCCCN1CC(=O)Nc1ccccc1I. The molecule has 2 rings (SSSR count). The number of carbonyl (C=O) groups excluding carboxylic acids is 1. The Morgan fingerprint density at radius 3 is 2.95 bits per heavy atom. The zero-order chi connectivity index (χ0) is 15.1. The van der Waals surface area contributed by atoms with E-state index in [-0.39, 0.29) is 5.91 Å². The van der Waals surface area contributed by atoms with E-state index in [1.807, 2.05) is 31.3 Å². The van der Waals surface area contributed by atoms with Crippen molar-refractivity contribution in [2.75, 3.05) is 32.0 Å². The van der Waals surface area contributed by atoms with Gasteiger partial charge in [0.25, 0.3) is 0 Å². The van der Waals surface area contributed by atoms with Crippen LogP contribution in [0.25, 0.3) is 0 Å². The van der Waals surface area contributed by atoms with Crippen molar-refractivity contribution in [2.45, 2.75) is 31.7 Å². The van der Waals surface area contributed by atoms with Crippen molar-refractivity contribution in [2.24, 2.45) is 0 Å². The molecule has 0 bridgehead atoms. The van der Waals surface area contributed by atoms with Crippen LogP contribution in [-0.2, 0) is 4.79 Å². The number of nitrogens with one attached hydrogen (secondary N) is 2. The molecular weight excluding hydrogens is 377 g/mol. The minimum atomic E-state index is 0.0930. The third-order valence-electron chi connectivity index (χ3n) is 3.97. The average molecular weight is 401 g/mol. The lowest BCUT2D eigenvalue weighted by Crippen LogP contribution is -2.44. The summed E-state index contributed by atoms with van der Waals surface area (Å²) in [7, 11) is 1.98. The summed E-state index contributed by atoms with van der Waals surface area (Å²) in [6.07, 6.45) is 4.81. The second-order valence-corrected chi connectivity index (χ2v) is 6.70. The number of nitrogens with zero attached hydrogens (tertiary/aromatic N) is 1. The van der Waals surface area contributed by atoms with Gasteiger partial charge in [0.05, 0.1) is 12.2 Å². The highest BCUT2D eigenvalue weighted by atomic mass is 127. The molecule has 4 nitrogen and oxygen atoms in total. The van der Waals surface area contributed by atoms with Crippen LogP contribution >= 0.6 is 22.6 Å². The number of para-hydroxylation sites is 1. The second kappa shape index (κ2) is 8.70. The number of amides is 1. The fraction of sp³-hybridized carbons (Fsp3) is 0.562. The number of rotatable bonds is 6. The molecule has 21 heavy (non-hydrogen) atoms. The van der Waals surface area contributed by atoms with E-state index in [1.54, 1.807) is 0 Å². The summed E-state index contributed by atoms with van der Waals surface area (Å²) in [6.45, 7) is 2.55. The molecule has 1 aliphatic heterocycles. The molecule has 1 unspecified atom stereocenters. The molecule has 0 radical (unpaired) electrons. The van der Waals surface area contributed by atoms with Gasteiger partial charge in [0.1, 0.15) is 0 Å². The van der Waals surface area contributed by atoms with Crippen LogP contribution in [-0.4, -0.2) is 43.5 Å². The van der Waals surface area contributed by atoms with Crippen molar-refractivity contribution in [3.63, 3.8) is 0 Å². The molecule has 1 amide bonds. The van der Waals surface area contributed by atoms with Crippen molar-refractivity contribution >= 4 is 34.2 Å². The van der Waals surface area contributed by atoms with E-state index in [1.165, 1.54) is 19.3 Å². The minimum absolute atomic E-state index is 0.0930. The number of anilines is 1. The van der Waals surface area contributed by atoms with E-state index < -0.39 is 0 Å². The zero-order valence-corrected chi connectivity index (χ0v) is 14.7. The summed E-state index contributed by atoms with van der Waals surface area (Å²) in [6, 6.07) is 8.43. The monoisotopic (exact) mass is 401 g/mol. The van der Waals surface area contributed by atoms with Gasteiger partial charge in [0.15, 0.2) is 0 Å². The first-order valence-corrected chi connectivity index (χ1v) is 8.71. The Balaban J connectivity index is 1.89. The van der Waals surface area contributed by atoms with E-state index in [9.17, 15) is 4.79 Å². The van der Waals surface area contributed by atoms with Crippen LogP contribution in [0.4, 0.5) is 5.69 Å². The second-order valence-electron chi connectivity index (χ2n) is 5.54. The molecule has 116 valence electrons. The van der Waals surface area contributed by atoms with Crippen LogP contribution in [0.15, 0.2) is 24.3 Å². The van der Waals surface area contributed by atoms with Crippen molar-refractivity contribution < 1.29 is 4.79 Å². The number of hydrogen-bond donors (Lipinski definition) is 2. The van der Waals surface area contributed by atoms with E-state index in [4.69, 9.17) is 0 Å². The molecule has 1 heterocycles. The molecule has 0 spiro atoms. The van der Waals surface area contributed by atoms with Crippen molar-refractivity contribution in [1.29, 1.82) is 0 Å². The molecule has 5 heteroatoms. The topological polar surface area (TPSA) is 44.4 Å². The molecule has 0 aromatic heterocycles. The molecule has 1 aliphatic rings. The number of likely N-dealkylation sites (tertiary alicyclic amines) is 1. The molecular formula is C16H24IN3O. The van der Waals surface area contributed by atoms with Gasteiger partial charge in [-0.25, -0.2) is 0 Å². The van der Waals surface area contributed by atoms with Gasteiger partial charge < -0.3 is 10.6 Å². The van der Waals surface area contributed by atoms with Gasteiger partial charge in [0.2, 0.25) is 5.91 Å². The maximum atomic E-state index is 12.3. The molecule has 1 aromatic rings. The van der Waals surface area contributed by atoms with Gasteiger partial charge in [-0.1, -0.05) is 18.6 Å². The number of benzene rings is 1. The number of piperidine rings is 1. The summed E-state index contributed by atoms with van der Waals surface area (Å²) in [5, 5.41) is 6.24. The third kappa shape index (κ3) is 5.23. The summed E-state index contributed by atoms with van der Waals surface area (Å²) in [5.74, 6) is 0.0930. The molecule has 1 fully saturated rings. The van der Waals surface area contributed by atoms with Crippen LogP contribution in [0.3, 0.4) is 0 Å². The van der Waals surface area contributed by atoms with Crippen LogP contribution in [0.5, 0.6) is 0 Å². The summed E-state index contributed by atoms with van der Waals surface area (Å²) in [5.41, 5.74) is 0.909. The minimum Gasteiger partial charge on any atom is -0.324 e. The smallest absolute Gasteiger partial charge is 0.238 e. The molecule has 1 atom stereocenters. The maximum Gasteiger partial charge on any atom is 0.238 e. The average Bonchev–Trinajstić information content (AvgIpc) is 2.49. The lowest BCUT2D eigenvalue weighted by molar-refractivity contribution is -0.118. The first-order valence-electron chi connectivity index (χ1n) is 7.63. The number of hydrogen-bond acceptors (Lipinski definition) is 3. The summed E-state index contributed by atoms with van der Waals surface area (Å²) < 4.78 is 1.08. The quantitative estimate of drug-likeness (QED) is 0.721. The molecule has 1 aromatic carbocycles. The third-order valence-corrected chi connectivity index (χ3v) is 4.91. The largest absolute Gasteiger partial charge is 0.324 e. The Hall–Kier alpha value is -0.660. The Kier molecular flexibility index (Phi) is 6.92. The summed E-state index contributed by atoms with van der Waals surface area (Å²) >= 11 is 2.25. The molecule has 0 saturated carbocycles. The maximum absolute atomic E-state index is 12.3. The zero-order valence-electron chi connectivity index (χ0n) is 12.6. The Labute approximate surface area is 140 Å². The predicted molar refractivity (Wildman–Crippen MR) is 95.5 cm³/mol. The highest BCUT2D eigenvalue weighted by molar-refractivity contribution is 14.1. The van der Waals surface area contributed by atoms with Crippen molar-refractivity contribution in [1.82, 2.24) is 10.2 Å². The fourth-order valence-electron chi connectivity index (χ4n) is 2.84. The van der Waals surface area contributed by atoms with Gasteiger partial charge in [-0.3, -0.25) is 9.69 Å². The first kappa shape index (κ1) is 16.7. The molecule has 2 N–H and O–H groups in total. The van der Waals surface area contributed by atoms with Crippen LogP contribution in [0.2, 0.25) is 0 Å². The normalized spacial score (nSPS) is 19.4. The lowest BCUT2D eigenvalue weighted by atomic mass is 9.99. The van der Waals surface area contributed by atoms with Gasteiger partial charge in [-0.15, -0.1) is 0 Å². The summed E-state index contributed by atoms with van der Waals surface area (Å²) in [4.78, 5) is 14.6. The van der Waals surface area contributed by atoms with Crippen LogP contribution < -0.4 is 10.6 Å². The number of halogens is 1. The fourth-order valence-corrected chi connectivity index (χ4v) is 3.37. The van der Waals surface area contributed by atoms with Crippen molar-refractivity contribution in [3.05, 3.63) is 27.8 Å². The highest BCUT2D eigenvalue weighted by Crippen LogP contribution is 2.20. The lowest BCUT2D eigenvalue weighted by Gasteiger charge is -2.35. The Morgan fingerprint density at radius 2 is 2.19 bits per heavy atom. The Bertz CT molecular complexity index is 467.